The summed E-state index contributed by atoms with van der Waals surface area (Å²) in [6.07, 6.45) is 0.835. The van der Waals surface area contributed by atoms with Crippen LogP contribution in [0, 0.1) is 6.92 Å². The van der Waals surface area contributed by atoms with Crippen LogP contribution in [0.25, 0.3) is 0 Å². The number of benzene rings is 1. The molecule has 1 aliphatic rings. The number of pyridine rings is 1. The number of ketones is 1. The van der Waals surface area contributed by atoms with Crippen LogP contribution in [0.2, 0.25) is 0 Å². The van der Waals surface area contributed by atoms with E-state index in [-0.39, 0.29) is 24.9 Å². The van der Waals surface area contributed by atoms with E-state index in [0.29, 0.717) is 25.3 Å². The van der Waals surface area contributed by atoms with Gasteiger partial charge in [0.15, 0.2) is 0 Å². The Hall–Kier alpha value is -2.53. The van der Waals surface area contributed by atoms with E-state index in [9.17, 15) is 4.79 Å². The zero-order valence-corrected chi connectivity index (χ0v) is 15.2. The summed E-state index contributed by atoms with van der Waals surface area (Å²) in [5, 5.41) is 8.91. The number of hydrogen-bond acceptors (Lipinski definition) is 5. The van der Waals surface area contributed by atoms with Gasteiger partial charge >= 0.3 is 0 Å². The lowest BCUT2D eigenvalue weighted by molar-refractivity contribution is -0.118. The molecular formula is C21H24N2O3. The van der Waals surface area contributed by atoms with Crippen LogP contribution in [0.4, 0.5) is 0 Å². The van der Waals surface area contributed by atoms with E-state index in [4.69, 9.17) is 9.84 Å². The van der Waals surface area contributed by atoms with Crippen LogP contribution in [-0.2, 0) is 22.5 Å². The van der Waals surface area contributed by atoms with Crippen molar-refractivity contribution in [3.8, 4) is 0 Å². The highest BCUT2D eigenvalue weighted by atomic mass is 16.5. The molecule has 3 rings (SSSR count). The molecule has 1 aromatic carbocycles. The normalized spacial score (nSPS) is 13.9. The first-order chi connectivity index (χ1) is 12.6. The summed E-state index contributed by atoms with van der Waals surface area (Å²) >= 11 is 0. The highest BCUT2D eigenvalue weighted by molar-refractivity contribution is 5.98. The molecule has 0 radical (unpaired) electrons. The summed E-state index contributed by atoms with van der Waals surface area (Å²) in [5.74, 6) is 0.916. The van der Waals surface area contributed by atoms with Gasteiger partial charge in [-0.2, -0.15) is 0 Å². The molecule has 0 saturated carbocycles. The molecule has 2 heterocycles. The second-order valence-corrected chi connectivity index (χ2v) is 6.66. The number of aliphatic hydroxyl groups is 1. The number of aliphatic hydroxyl groups excluding tert-OH is 1. The highest BCUT2D eigenvalue weighted by Crippen LogP contribution is 2.24. The number of ether oxygens (including phenoxy) is 1. The van der Waals surface area contributed by atoms with Crippen molar-refractivity contribution in [2.45, 2.75) is 39.2 Å². The van der Waals surface area contributed by atoms with Crippen LogP contribution in [0.5, 0.6) is 0 Å². The summed E-state index contributed by atoms with van der Waals surface area (Å²) in [7, 11) is 0. The van der Waals surface area contributed by atoms with E-state index >= 15 is 0 Å². The van der Waals surface area contributed by atoms with Crippen molar-refractivity contribution < 1.29 is 14.6 Å². The number of aliphatic imine (C=N–C) groups is 1. The molecule has 5 heteroatoms. The predicted molar refractivity (Wildman–Crippen MR) is 100 cm³/mol. The summed E-state index contributed by atoms with van der Waals surface area (Å²) in [6, 6.07) is 12.0. The maximum Gasteiger partial charge on any atom is 0.218 e. The number of hydrogen-bond donors (Lipinski definition) is 1. The Bertz CT molecular complexity index is 816. The average molecular weight is 352 g/mol. The van der Waals surface area contributed by atoms with Gasteiger partial charge in [-0.3, -0.25) is 9.78 Å². The Labute approximate surface area is 153 Å². The van der Waals surface area contributed by atoms with Gasteiger partial charge in [-0.1, -0.05) is 37.3 Å². The third kappa shape index (κ3) is 4.17. The molecule has 0 aliphatic carbocycles. The molecule has 136 valence electrons. The summed E-state index contributed by atoms with van der Waals surface area (Å²) < 4.78 is 5.48. The molecule has 0 amide bonds. The number of carbonyl (C=O) groups excluding carboxylic acids is 1. The fraction of sp³-hybridized carbons (Fsp3) is 0.381. The minimum atomic E-state index is -0.0486. The zero-order valence-electron chi connectivity index (χ0n) is 15.2. The van der Waals surface area contributed by atoms with E-state index < -0.39 is 0 Å². The third-order valence-corrected chi connectivity index (χ3v) is 4.55. The first-order valence-electron chi connectivity index (χ1n) is 8.93. The van der Waals surface area contributed by atoms with Crippen molar-refractivity contribution in [2.24, 2.45) is 4.99 Å². The summed E-state index contributed by atoms with van der Waals surface area (Å²) in [5.41, 5.74) is 4.70. The van der Waals surface area contributed by atoms with Crippen LogP contribution in [0.3, 0.4) is 0 Å². The Balaban J connectivity index is 1.66. The second kappa shape index (κ2) is 8.23. The number of aromatic nitrogens is 1. The monoisotopic (exact) mass is 352 g/mol. The number of rotatable bonds is 7. The minimum absolute atomic E-state index is 0.0486. The van der Waals surface area contributed by atoms with Gasteiger partial charge in [0, 0.05) is 18.5 Å². The number of carbonyl (C=O) groups is 1. The van der Waals surface area contributed by atoms with Gasteiger partial charge in [0.1, 0.15) is 12.4 Å². The van der Waals surface area contributed by atoms with Gasteiger partial charge < -0.3 is 9.84 Å². The predicted octanol–water partition coefficient (Wildman–Crippen LogP) is 2.96. The van der Waals surface area contributed by atoms with Gasteiger partial charge in [-0.05, 0) is 30.0 Å². The van der Waals surface area contributed by atoms with Crippen molar-refractivity contribution in [3.63, 3.8) is 0 Å². The van der Waals surface area contributed by atoms with E-state index in [0.717, 1.165) is 22.5 Å². The summed E-state index contributed by atoms with van der Waals surface area (Å²) in [4.78, 5) is 21.4. The van der Waals surface area contributed by atoms with E-state index in [2.05, 4.69) is 29.0 Å². The molecule has 26 heavy (non-hydrogen) atoms. The molecule has 0 spiro atoms. The van der Waals surface area contributed by atoms with Crippen LogP contribution >= 0.6 is 0 Å². The Morgan fingerprint density at radius 2 is 2.08 bits per heavy atom. The van der Waals surface area contributed by atoms with Crippen molar-refractivity contribution in [1.82, 2.24) is 4.98 Å². The van der Waals surface area contributed by atoms with Crippen molar-refractivity contribution in [1.29, 1.82) is 0 Å². The van der Waals surface area contributed by atoms with E-state index in [1.807, 2.05) is 31.2 Å². The molecule has 5 nitrogen and oxygen atoms in total. The van der Waals surface area contributed by atoms with Gasteiger partial charge in [0.25, 0.3) is 0 Å². The largest absolute Gasteiger partial charge is 0.475 e. The Kier molecular flexibility index (Phi) is 5.78. The summed E-state index contributed by atoms with van der Waals surface area (Å²) in [6.45, 7) is 4.68. The first-order valence-corrected chi connectivity index (χ1v) is 8.93. The van der Waals surface area contributed by atoms with Gasteiger partial charge in [-0.15, -0.1) is 0 Å². The third-order valence-electron chi connectivity index (χ3n) is 4.55. The van der Waals surface area contributed by atoms with Crippen LogP contribution in [0.15, 0.2) is 41.4 Å². The van der Waals surface area contributed by atoms with Crippen LogP contribution in [0.1, 0.15) is 47.3 Å². The standard InChI is InChI=1S/C21H24N2O3/c1-14(16-6-4-3-5-7-16)10-19(25)12-18-11-17-13-22-21(26-9-8-24)20(17)15(2)23-18/h3-7,11,14,24H,8-10,12-13H2,1-2H3/t14-/m0/s1. The molecule has 0 bridgehead atoms. The quantitative estimate of drug-likeness (QED) is 0.831. The van der Waals surface area contributed by atoms with Crippen molar-refractivity contribution >= 4 is 11.7 Å². The van der Waals surface area contributed by atoms with Gasteiger partial charge in [-0.25, -0.2) is 4.99 Å². The number of aryl methyl sites for hydroxylation is 1. The van der Waals surface area contributed by atoms with Crippen molar-refractivity contribution in [3.05, 3.63) is 64.5 Å². The Morgan fingerprint density at radius 3 is 2.81 bits per heavy atom. The van der Waals surface area contributed by atoms with Gasteiger partial charge in [0.05, 0.1) is 24.4 Å². The van der Waals surface area contributed by atoms with E-state index in [1.165, 1.54) is 5.56 Å². The van der Waals surface area contributed by atoms with Crippen molar-refractivity contribution in [2.75, 3.05) is 13.2 Å². The second-order valence-electron chi connectivity index (χ2n) is 6.66. The number of Topliss-reactive ketones (excluding diaryl/α,β-unsaturated/α-hetero) is 1. The minimum Gasteiger partial charge on any atom is -0.475 e. The van der Waals surface area contributed by atoms with E-state index in [1.54, 1.807) is 0 Å². The fourth-order valence-electron chi connectivity index (χ4n) is 3.33. The molecule has 0 fully saturated rings. The topological polar surface area (TPSA) is 71.8 Å². The molecule has 0 unspecified atom stereocenters. The lowest BCUT2D eigenvalue weighted by atomic mass is 9.94. The molecular weight excluding hydrogens is 328 g/mol. The van der Waals surface area contributed by atoms with Crippen LogP contribution in [-0.4, -0.2) is 35.0 Å². The molecule has 1 aliphatic heterocycles. The highest BCUT2D eigenvalue weighted by Gasteiger charge is 2.22. The maximum atomic E-state index is 12.5. The fourth-order valence-corrected chi connectivity index (χ4v) is 3.33. The van der Waals surface area contributed by atoms with Crippen LogP contribution < -0.4 is 0 Å². The molecule has 1 aromatic heterocycles. The zero-order chi connectivity index (χ0) is 18.5. The number of nitrogens with zero attached hydrogens (tertiary/aromatic N) is 2. The Morgan fingerprint density at radius 1 is 1.31 bits per heavy atom. The molecule has 1 N–H and O–H groups in total. The van der Waals surface area contributed by atoms with Gasteiger partial charge in [0.2, 0.25) is 5.90 Å². The molecule has 0 saturated heterocycles. The smallest absolute Gasteiger partial charge is 0.218 e. The lowest BCUT2D eigenvalue weighted by Gasteiger charge is -2.12. The first kappa shape index (κ1) is 18.3. The average Bonchev–Trinajstić information content (AvgIpc) is 3.04. The molecule has 2 aromatic rings. The SMILES string of the molecule is Cc1nc(CC(=O)C[C@H](C)c2ccccc2)cc2c1C(OCCO)=NC2. The molecule has 1 atom stereocenters. The number of fused-ring (bicyclic) bond motifs is 1. The lowest BCUT2D eigenvalue weighted by Crippen LogP contribution is -2.13. The maximum absolute atomic E-state index is 12.5.